The van der Waals surface area contributed by atoms with Crippen molar-refractivity contribution < 1.29 is 33.2 Å². The van der Waals surface area contributed by atoms with Gasteiger partial charge < -0.3 is 19.7 Å². The molecule has 1 saturated heterocycles. The second kappa shape index (κ2) is 6.23. The summed E-state index contributed by atoms with van der Waals surface area (Å²) in [7, 11) is 2.04. The SMILES string of the molecule is CN1CCN(c2ccc(C(=O)[O-])c(F)c2)CC1.[Li+]. The average Bonchev–Trinajstić information content (AvgIpc) is 2.29. The molecule has 2 rings (SSSR count). The molecule has 18 heavy (non-hydrogen) atoms. The topological polar surface area (TPSA) is 46.6 Å². The molecule has 1 aromatic carbocycles. The Labute approximate surface area is 118 Å². The van der Waals surface area contributed by atoms with Gasteiger partial charge in [0.25, 0.3) is 0 Å². The first-order chi connectivity index (χ1) is 8.08. The number of anilines is 1. The van der Waals surface area contributed by atoms with Crippen molar-refractivity contribution in [2.45, 2.75) is 0 Å². The summed E-state index contributed by atoms with van der Waals surface area (Å²) in [6.45, 7) is 3.48. The smallest absolute Gasteiger partial charge is 0.545 e. The van der Waals surface area contributed by atoms with Gasteiger partial charge in [0, 0.05) is 37.4 Å². The number of piperazine rings is 1. The largest absolute Gasteiger partial charge is 1.00 e. The minimum absolute atomic E-state index is 0. The summed E-state index contributed by atoms with van der Waals surface area (Å²) in [4.78, 5) is 14.8. The Morgan fingerprint density at radius 1 is 1.28 bits per heavy atom. The summed E-state index contributed by atoms with van der Waals surface area (Å²) < 4.78 is 13.5. The maximum atomic E-state index is 13.5. The number of nitrogens with zero attached hydrogens (tertiary/aromatic N) is 2. The van der Waals surface area contributed by atoms with Crippen LogP contribution in [-0.4, -0.2) is 44.1 Å². The molecule has 0 saturated carbocycles. The van der Waals surface area contributed by atoms with Gasteiger partial charge >= 0.3 is 18.9 Å². The summed E-state index contributed by atoms with van der Waals surface area (Å²) >= 11 is 0. The van der Waals surface area contributed by atoms with Crippen LogP contribution < -0.4 is 28.9 Å². The number of carboxylic acid groups (broad SMARTS) is 1. The van der Waals surface area contributed by atoms with Crippen molar-refractivity contribution in [3.8, 4) is 0 Å². The molecule has 4 nitrogen and oxygen atoms in total. The molecule has 1 aliphatic rings. The average molecular weight is 244 g/mol. The van der Waals surface area contributed by atoms with Gasteiger partial charge in [-0.05, 0) is 25.2 Å². The third kappa shape index (κ3) is 3.26. The first kappa shape index (κ1) is 15.0. The third-order valence-corrected chi connectivity index (χ3v) is 3.04. The van der Waals surface area contributed by atoms with Gasteiger partial charge in [-0.15, -0.1) is 0 Å². The summed E-state index contributed by atoms with van der Waals surface area (Å²) in [6, 6.07) is 4.15. The van der Waals surface area contributed by atoms with E-state index in [2.05, 4.69) is 4.90 Å². The van der Waals surface area contributed by atoms with E-state index in [0.717, 1.165) is 31.9 Å². The molecule has 0 radical (unpaired) electrons. The van der Waals surface area contributed by atoms with E-state index >= 15 is 0 Å². The molecule has 0 spiro atoms. The third-order valence-electron chi connectivity index (χ3n) is 3.04. The number of carbonyl (C=O) groups is 1. The number of carbonyl (C=O) groups excluding carboxylic acids is 1. The fraction of sp³-hybridized carbons (Fsp3) is 0.417. The van der Waals surface area contributed by atoms with Crippen LogP contribution in [0.15, 0.2) is 18.2 Å². The zero-order valence-electron chi connectivity index (χ0n) is 10.6. The van der Waals surface area contributed by atoms with Crippen LogP contribution in [0.4, 0.5) is 10.1 Å². The number of aromatic carboxylic acids is 1. The van der Waals surface area contributed by atoms with Crippen molar-refractivity contribution in [3.63, 3.8) is 0 Å². The van der Waals surface area contributed by atoms with E-state index in [1.165, 1.54) is 12.1 Å². The fourth-order valence-electron chi connectivity index (χ4n) is 1.93. The van der Waals surface area contributed by atoms with Gasteiger partial charge in [-0.3, -0.25) is 0 Å². The minimum Gasteiger partial charge on any atom is -0.545 e. The van der Waals surface area contributed by atoms with Crippen LogP contribution in [0, 0.1) is 5.82 Å². The number of carboxylic acids is 1. The van der Waals surface area contributed by atoms with Crippen molar-refractivity contribution in [2.24, 2.45) is 0 Å². The predicted molar refractivity (Wildman–Crippen MR) is 60.4 cm³/mol. The van der Waals surface area contributed by atoms with Crippen LogP contribution in [-0.2, 0) is 0 Å². The number of benzene rings is 1. The number of likely N-dealkylation sites (N-methyl/N-ethyl adjacent to an activating group) is 1. The van der Waals surface area contributed by atoms with Crippen LogP contribution in [0.1, 0.15) is 10.4 Å². The second-order valence-corrected chi connectivity index (χ2v) is 4.24. The predicted octanol–water partition coefficient (Wildman–Crippen LogP) is -3.05. The Morgan fingerprint density at radius 3 is 2.39 bits per heavy atom. The first-order valence-corrected chi connectivity index (χ1v) is 5.52. The molecule has 1 aliphatic heterocycles. The molecule has 1 fully saturated rings. The van der Waals surface area contributed by atoms with Gasteiger partial charge in [0.1, 0.15) is 5.82 Å². The maximum Gasteiger partial charge on any atom is 1.00 e. The molecule has 0 bridgehead atoms. The monoisotopic (exact) mass is 244 g/mol. The maximum absolute atomic E-state index is 13.5. The van der Waals surface area contributed by atoms with E-state index in [1.807, 2.05) is 11.9 Å². The molecule has 0 unspecified atom stereocenters. The fourth-order valence-corrected chi connectivity index (χ4v) is 1.93. The van der Waals surface area contributed by atoms with Gasteiger partial charge in [-0.25, -0.2) is 4.39 Å². The zero-order chi connectivity index (χ0) is 12.4. The van der Waals surface area contributed by atoms with E-state index in [4.69, 9.17) is 0 Å². The van der Waals surface area contributed by atoms with Crippen LogP contribution in [0.25, 0.3) is 0 Å². The van der Waals surface area contributed by atoms with Crippen molar-refractivity contribution in [2.75, 3.05) is 38.1 Å². The molecular weight excluding hydrogens is 230 g/mol. The summed E-state index contributed by atoms with van der Waals surface area (Å²) in [5.41, 5.74) is 0.337. The van der Waals surface area contributed by atoms with Gasteiger partial charge in [0.2, 0.25) is 0 Å². The molecule has 6 heteroatoms. The Bertz CT molecular complexity index is 434. The Kier molecular flexibility index (Phi) is 5.21. The second-order valence-electron chi connectivity index (χ2n) is 4.24. The van der Waals surface area contributed by atoms with Gasteiger partial charge in [-0.1, -0.05) is 0 Å². The van der Waals surface area contributed by atoms with E-state index in [9.17, 15) is 14.3 Å². The van der Waals surface area contributed by atoms with Crippen LogP contribution >= 0.6 is 0 Å². The molecule has 0 aliphatic carbocycles. The summed E-state index contributed by atoms with van der Waals surface area (Å²) in [5.74, 6) is -2.21. The molecule has 0 aromatic heterocycles. The van der Waals surface area contributed by atoms with E-state index in [1.54, 1.807) is 6.07 Å². The number of hydrogen-bond donors (Lipinski definition) is 0. The Hall–Kier alpha value is -1.02. The van der Waals surface area contributed by atoms with Crippen molar-refractivity contribution >= 4 is 11.7 Å². The number of hydrogen-bond acceptors (Lipinski definition) is 4. The molecule has 1 aromatic rings. The van der Waals surface area contributed by atoms with Crippen molar-refractivity contribution in [3.05, 3.63) is 29.6 Å². The van der Waals surface area contributed by atoms with Crippen LogP contribution in [0.5, 0.6) is 0 Å². The Morgan fingerprint density at radius 2 is 1.89 bits per heavy atom. The van der Waals surface area contributed by atoms with E-state index < -0.39 is 11.8 Å². The van der Waals surface area contributed by atoms with E-state index in [0.29, 0.717) is 0 Å². The van der Waals surface area contributed by atoms with E-state index in [-0.39, 0.29) is 24.4 Å². The molecule has 1 heterocycles. The normalized spacial score (nSPS) is 16.2. The van der Waals surface area contributed by atoms with Crippen molar-refractivity contribution in [1.82, 2.24) is 4.90 Å². The van der Waals surface area contributed by atoms with Crippen LogP contribution in [0.2, 0.25) is 0 Å². The summed E-state index contributed by atoms with van der Waals surface area (Å²) in [6.07, 6.45) is 0. The van der Waals surface area contributed by atoms with Crippen LogP contribution in [0.3, 0.4) is 0 Å². The quantitative estimate of drug-likeness (QED) is 0.518. The first-order valence-electron chi connectivity index (χ1n) is 5.52. The molecule has 0 amide bonds. The van der Waals surface area contributed by atoms with Gasteiger partial charge in [0.15, 0.2) is 0 Å². The molecule has 0 atom stereocenters. The molecule has 92 valence electrons. The Balaban J connectivity index is 0.00000162. The molecule has 0 N–H and O–H groups in total. The summed E-state index contributed by atoms with van der Waals surface area (Å²) in [5, 5.41) is 10.6. The van der Waals surface area contributed by atoms with Gasteiger partial charge in [-0.2, -0.15) is 0 Å². The zero-order valence-corrected chi connectivity index (χ0v) is 10.6. The number of rotatable bonds is 2. The molecular formula is C12H14FLiN2O2. The minimum atomic E-state index is -1.48. The van der Waals surface area contributed by atoms with Crippen molar-refractivity contribution in [1.29, 1.82) is 0 Å². The number of halogens is 1. The van der Waals surface area contributed by atoms with Gasteiger partial charge in [0.05, 0.1) is 5.97 Å². The standard InChI is InChI=1S/C12H15FN2O2.Li/c1-14-4-6-15(7-5-14)9-2-3-10(12(16)17)11(13)8-9;/h2-3,8H,4-7H2,1H3,(H,16,17);/q;+1/p-1.